The van der Waals surface area contributed by atoms with Crippen molar-refractivity contribution in [3.8, 4) is 11.5 Å². The van der Waals surface area contributed by atoms with Gasteiger partial charge >= 0.3 is 0 Å². The van der Waals surface area contributed by atoms with Gasteiger partial charge in [-0.25, -0.2) is 0 Å². The largest absolute Gasteiger partial charge is 0.494 e. The number of aryl methyl sites for hydroxylation is 1. The lowest BCUT2D eigenvalue weighted by molar-refractivity contribution is 0.304. The van der Waals surface area contributed by atoms with Gasteiger partial charge in [0.1, 0.15) is 11.5 Å². The zero-order valence-corrected chi connectivity index (χ0v) is 17.2. The van der Waals surface area contributed by atoms with Crippen LogP contribution in [0, 0.1) is 0 Å². The van der Waals surface area contributed by atoms with Gasteiger partial charge in [0, 0.05) is 10.9 Å². The molecule has 0 fully saturated rings. The van der Waals surface area contributed by atoms with E-state index in [1.165, 1.54) is 42.0 Å². The summed E-state index contributed by atoms with van der Waals surface area (Å²) in [4.78, 5) is 0. The van der Waals surface area contributed by atoms with E-state index in [1.54, 1.807) is 0 Å². The highest BCUT2D eigenvalue weighted by Gasteiger charge is 2.08. The molecule has 0 atom stereocenters. The van der Waals surface area contributed by atoms with E-state index in [1.807, 2.05) is 0 Å². The Morgan fingerprint density at radius 1 is 0.840 bits per heavy atom. The van der Waals surface area contributed by atoms with Crippen LogP contribution in [0.1, 0.15) is 57.9 Å². The molecule has 25 heavy (non-hydrogen) atoms. The fraction of sp³-hybridized carbons (Fsp3) is 0.545. The number of fused-ring (bicyclic) bond motifs is 1. The van der Waals surface area contributed by atoms with Crippen molar-refractivity contribution >= 4 is 26.7 Å². The van der Waals surface area contributed by atoms with Crippen LogP contribution in [0.15, 0.2) is 30.3 Å². The fourth-order valence-corrected chi connectivity index (χ4v) is 3.44. The molecule has 2 nitrogen and oxygen atoms in total. The van der Waals surface area contributed by atoms with Gasteiger partial charge in [-0.2, -0.15) is 0 Å². The van der Waals surface area contributed by atoms with Gasteiger partial charge in [-0.05, 0) is 61.1 Å². The number of benzene rings is 2. The van der Waals surface area contributed by atoms with Crippen LogP contribution in [-0.2, 0) is 6.42 Å². The molecule has 138 valence electrons. The van der Waals surface area contributed by atoms with Gasteiger partial charge in [-0.15, -0.1) is 0 Å². The third kappa shape index (κ3) is 6.22. The summed E-state index contributed by atoms with van der Waals surface area (Å²) in [5.41, 5.74) is 1.30. The van der Waals surface area contributed by atoms with Crippen LogP contribution in [0.2, 0.25) is 0 Å². The molecule has 0 aliphatic carbocycles. The molecule has 0 N–H and O–H groups in total. The van der Waals surface area contributed by atoms with Crippen molar-refractivity contribution in [2.45, 2.75) is 58.8 Å². The van der Waals surface area contributed by atoms with Gasteiger partial charge in [-0.3, -0.25) is 0 Å². The lowest BCUT2D eigenvalue weighted by atomic mass is 10.0. The van der Waals surface area contributed by atoms with E-state index < -0.39 is 0 Å². The molecule has 0 saturated heterocycles. The summed E-state index contributed by atoms with van der Waals surface area (Å²) in [5, 5.41) is 3.59. The van der Waals surface area contributed by atoms with Crippen molar-refractivity contribution in [2.24, 2.45) is 0 Å². The van der Waals surface area contributed by atoms with Crippen LogP contribution >= 0.6 is 15.9 Å². The molecule has 0 amide bonds. The Balaban J connectivity index is 2.05. The second-order valence-corrected chi connectivity index (χ2v) is 7.23. The van der Waals surface area contributed by atoms with Crippen molar-refractivity contribution < 1.29 is 9.47 Å². The Labute approximate surface area is 161 Å². The van der Waals surface area contributed by atoms with Crippen LogP contribution in [0.25, 0.3) is 10.8 Å². The number of alkyl halides is 1. The topological polar surface area (TPSA) is 18.5 Å². The van der Waals surface area contributed by atoms with Gasteiger partial charge in [0.15, 0.2) is 0 Å². The second-order valence-electron chi connectivity index (χ2n) is 6.43. The first-order valence-corrected chi connectivity index (χ1v) is 10.8. The zero-order chi connectivity index (χ0) is 17.9. The number of hydrogen-bond donors (Lipinski definition) is 0. The molecule has 0 spiro atoms. The molecule has 2 aromatic carbocycles. The van der Waals surface area contributed by atoms with E-state index in [0.717, 1.165) is 49.3 Å². The lowest BCUT2D eigenvalue weighted by Gasteiger charge is -2.14. The predicted octanol–water partition coefficient (Wildman–Crippen LogP) is 6.92. The molecule has 0 aromatic heterocycles. The van der Waals surface area contributed by atoms with Gasteiger partial charge in [0.25, 0.3) is 0 Å². The van der Waals surface area contributed by atoms with Crippen molar-refractivity contribution in [3.63, 3.8) is 0 Å². The highest BCUT2D eigenvalue weighted by Crippen LogP contribution is 2.31. The smallest absolute Gasteiger partial charge is 0.123 e. The van der Waals surface area contributed by atoms with Crippen LogP contribution in [0.4, 0.5) is 0 Å². The Morgan fingerprint density at radius 3 is 2.40 bits per heavy atom. The number of halogens is 1. The highest BCUT2D eigenvalue weighted by molar-refractivity contribution is 9.09. The van der Waals surface area contributed by atoms with E-state index in [-0.39, 0.29) is 0 Å². The van der Waals surface area contributed by atoms with E-state index in [4.69, 9.17) is 9.47 Å². The summed E-state index contributed by atoms with van der Waals surface area (Å²) < 4.78 is 11.9. The number of unbranched alkanes of at least 4 members (excludes halogenated alkanes) is 4. The van der Waals surface area contributed by atoms with Crippen LogP contribution in [-0.4, -0.2) is 18.5 Å². The maximum absolute atomic E-state index is 6.06. The molecule has 0 radical (unpaired) electrons. The molecule has 0 aliphatic rings. The van der Waals surface area contributed by atoms with Crippen LogP contribution in [0.3, 0.4) is 0 Å². The standard InChI is InChI=1S/C22H31BrO2/c1-3-5-8-15-24-19-11-12-21-18(17-19)10-13-22(20(21)4-2)25-16-9-6-7-14-23/h10-13,17H,3-9,14-16H2,1-2H3. The first-order chi connectivity index (χ1) is 12.3. The molecule has 0 saturated carbocycles. The maximum Gasteiger partial charge on any atom is 0.123 e. The Bertz CT molecular complexity index is 639. The third-order valence-corrected chi connectivity index (χ3v) is 5.03. The molecular weight excluding hydrogens is 376 g/mol. The molecule has 0 bridgehead atoms. The van der Waals surface area contributed by atoms with E-state index in [9.17, 15) is 0 Å². The predicted molar refractivity (Wildman–Crippen MR) is 111 cm³/mol. The number of hydrogen-bond acceptors (Lipinski definition) is 2. The van der Waals surface area contributed by atoms with Crippen molar-refractivity contribution in [1.29, 1.82) is 0 Å². The lowest BCUT2D eigenvalue weighted by Crippen LogP contribution is -2.01. The van der Waals surface area contributed by atoms with E-state index in [0.29, 0.717) is 0 Å². The Hall–Kier alpha value is -1.22. The van der Waals surface area contributed by atoms with Gasteiger partial charge < -0.3 is 9.47 Å². The van der Waals surface area contributed by atoms with Gasteiger partial charge in [0.2, 0.25) is 0 Å². The molecule has 0 unspecified atom stereocenters. The summed E-state index contributed by atoms with van der Waals surface area (Å²) in [6, 6.07) is 10.7. The molecule has 2 rings (SSSR count). The Morgan fingerprint density at radius 2 is 1.64 bits per heavy atom. The molecule has 0 aliphatic heterocycles. The van der Waals surface area contributed by atoms with Crippen LogP contribution in [0.5, 0.6) is 11.5 Å². The monoisotopic (exact) mass is 406 g/mol. The number of ether oxygens (including phenoxy) is 2. The average Bonchev–Trinajstić information content (AvgIpc) is 2.64. The summed E-state index contributed by atoms with van der Waals surface area (Å²) >= 11 is 3.47. The molecule has 2 aromatic rings. The quantitative estimate of drug-likeness (QED) is 0.281. The summed E-state index contributed by atoms with van der Waals surface area (Å²) in [7, 11) is 0. The highest BCUT2D eigenvalue weighted by atomic mass is 79.9. The average molecular weight is 407 g/mol. The van der Waals surface area contributed by atoms with Crippen LogP contribution < -0.4 is 9.47 Å². The normalized spacial score (nSPS) is 11.0. The Kier molecular flexibility index (Phi) is 9.17. The van der Waals surface area contributed by atoms with Crippen molar-refractivity contribution in [3.05, 3.63) is 35.9 Å². The van der Waals surface area contributed by atoms with E-state index >= 15 is 0 Å². The van der Waals surface area contributed by atoms with Crippen molar-refractivity contribution in [2.75, 3.05) is 18.5 Å². The molecule has 0 heterocycles. The fourth-order valence-electron chi connectivity index (χ4n) is 3.04. The second kappa shape index (κ2) is 11.4. The van der Waals surface area contributed by atoms with E-state index in [2.05, 4.69) is 60.1 Å². The van der Waals surface area contributed by atoms with Gasteiger partial charge in [-0.1, -0.05) is 54.8 Å². The third-order valence-electron chi connectivity index (χ3n) is 4.47. The van der Waals surface area contributed by atoms with Crippen molar-refractivity contribution in [1.82, 2.24) is 0 Å². The minimum absolute atomic E-state index is 0.796. The number of rotatable bonds is 12. The first kappa shape index (κ1) is 20.1. The summed E-state index contributed by atoms with van der Waals surface area (Å²) in [6.07, 6.45) is 8.07. The minimum Gasteiger partial charge on any atom is -0.494 e. The molecule has 3 heteroatoms. The minimum atomic E-state index is 0.796. The maximum atomic E-state index is 6.06. The zero-order valence-electron chi connectivity index (χ0n) is 15.7. The SMILES string of the molecule is CCCCCOc1ccc2c(CC)c(OCCCCCBr)ccc2c1. The first-order valence-electron chi connectivity index (χ1n) is 9.67. The summed E-state index contributed by atoms with van der Waals surface area (Å²) in [5.74, 6) is 2.00. The van der Waals surface area contributed by atoms with Gasteiger partial charge in [0.05, 0.1) is 13.2 Å². The summed E-state index contributed by atoms with van der Waals surface area (Å²) in [6.45, 7) is 6.00. The molecular formula is C22H31BrO2.